The monoisotopic (exact) mass is 271 g/mol. The maximum Gasteiger partial charge on any atom is 0.116 e. The molecule has 20 heavy (non-hydrogen) atoms. The Hall–Kier alpha value is -1.35. The Morgan fingerprint density at radius 2 is 2.00 bits per heavy atom. The molecule has 1 saturated carbocycles. The topological polar surface area (TPSA) is 43.8 Å². The van der Waals surface area contributed by atoms with Crippen LogP contribution in [0.15, 0.2) is 18.2 Å². The predicted octanol–water partition coefficient (Wildman–Crippen LogP) is 3.91. The molecule has 1 aromatic heterocycles. The molecule has 2 N–H and O–H groups in total. The Balaban J connectivity index is 2.22. The van der Waals surface area contributed by atoms with Crippen LogP contribution in [0.3, 0.4) is 0 Å². The molecule has 0 spiro atoms. The van der Waals surface area contributed by atoms with Crippen molar-refractivity contribution < 1.29 is 0 Å². The summed E-state index contributed by atoms with van der Waals surface area (Å²) in [4.78, 5) is 5.00. The quantitative estimate of drug-likeness (QED) is 0.920. The molecule has 3 nitrogen and oxygen atoms in total. The molecule has 0 unspecified atom stereocenters. The van der Waals surface area contributed by atoms with Gasteiger partial charge in [-0.25, -0.2) is 4.98 Å². The van der Waals surface area contributed by atoms with E-state index in [-0.39, 0.29) is 5.41 Å². The summed E-state index contributed by atoms with van der Waals surface area (Å²) in [5.74, 6) is 1.27. The lowest BCUT2D eigenvalue weighted by atomic mass is 9.87. The normalized spacial score (nSPS) is 18.2. The summed E-state index contributed by atoms with van der Waals surface area (Å²) >= 11 is 0. The first-order chi connectivity index (χ1) is 9.55. The second kappa shape index (κ2) is 4.88. The lowest BCUT2D eigenvalue weighted by Gasteiger charge is -2.26. The molecule has 1 aliphatic carbocycles. The van der Waals surface area contributed by atoms with E-state index in [1.54, 1.807) is 0 Å². The van der Waals surface area contributed by atoms with Crippen LogP contribution in [0.2, 0.25) is 0 Å². The minimum Gasteiger partial charge on any atom is -0.326 e. The summed E-state index contributed by atoms with van der Waals surface area (Å²) < 4.78 is 2.43. The van der Waals surface area contributed by atoms with Crippen LogP contribution < -0.4 is 5.73 Å². The highest BCUT2D eigenvalue weighted by Gasteiger charge is 2.35. The number of nitrogens with zero attached hydrogens (tertiary/aromatic N) is 2. The summed E-state index contributed by atoms with van der Waals surface area (Å²) in [6, 6.07) is 6.91. The van der Waals surface area contributed by atoms with Gasteiger partial charge < -0.3 is 10.3 Å². The first kappa shape index (κ1) is 13.6. The van der Waals surface area contributed by atoms with E-state index in [4.69, 9.17) is 10.7 Å². The number of fused-ring (bicyclic) bond motifs is 1. The Kier molecular flexibility index (Phi) is 3.33. The molecule has 108 valence electrons. The fraction of sp³-hybridized carbons (Fsp3) is 0.588. The molecule has 0 radical (unpaired) electrons. The van der Waals surface area contributed by atoms with E-state index in [2.05, 4.69) is 43.5 Å². The molecular weight excluding hydrogens is 246 g/mol. The van der Waals surface area contributed by atoms with Gasteiger partial charge >= 0.3 is 0 Å². The number of imidazole rings is 1. The molecule has 3 heteroatoms. The van der Waals surface area contributed by atoms with Crippen molar-refractivity contribution in [1.29, 1.82) is 0 Å². The zero-order chi connectivity index (χ0) is 14.3. The van der Waals surface area contributed by atoms with Crippen LogP contribution in [-0.2, 0) is 12.0 Å². The van der Waals surface area contributed by atoms with Crippen molar-refractivity contribution >= 4 is 11.0 Å². The summed E-state index contributed by atoms with van der Waals surface area (Å²) in [5.41, 5.74) is 9.51. The average molecular weight is 271 g/mol. The van der Waals surface area contributed by atoms with Gasteiger partial charge in [0, 0.05) is 18.0 Å². The van der Waals surface area contributed by atoms with Crippen molar-refractivity contribution in [1.82, 2.24) is 9.55 Å². The standard InChI is InChI=1S/C17H25N3/c1-12(2)20-15-7-6-13(11-18)10-14(15)19-16(20)17(3)8-4-5-9-17/h6-7,10,12H,4-5,8-9,11,18H2,1-3H3. The van der Waals surface area contributed by atoms with E-state index < -0.39 is 0 Å². The van der Waals surface area contributed by atoms with E-state index in [1.807, 2.05) is 0 Å². The van der Waals surface area contributed by atoms with Crippen molar-refractivity contribution in [2.45, 2.75) is 64.5 Å². The molecule has 3 rings (SSSR count). The number of benzene rings is 1. The zero-order valence-corrected chi connectivity index (χ0v) is 12.8. The Morgan fingerprint density at radius 3 is 2.60 bits per heavy atom. The average Bonchev–Trinajstić information content (AvgIpc) is 3.02. The zero-order valence-electron chi connectivity index (χ0n) is 12.8. The lowest BCUT2D eigenvalue weighted by molar-refractivity contribution is 0.419. The molecule has 0 bridgehead atoms. The second-order valence-corrected chi connectivity index (χ2v) is 6.69. The van der Waals surface area contributed by atoms with Crippen LogP contribution in [0.4, 0.5) is 0 Å². The van der Waals surface area contributed by atoms with Gasteiger partial charge in [-0.3, -0.25) is 0 Å². The second-order valence-electron chi connectivity index (χ2n) is 6.69. The number of hydrogen-bond donors (Lipinski definition) is 1. The molecule has 0 saturated heterocycles. The van der Waals surface area contributed by atoms with Crippen molar-refractivity contribution in [3.05, 3.63) is 29.6 Å². The predicted molar refractivity (Wildman–Crippen MR) is 83.8 cm³/mol. The van der Waals surface area contributed by atoms with Gasteiger partial charge in [0.05, 0.1) is 11.0 Å². The van der Waals surface area contributed by atoms with Gasteiger partial charge in [0.1, 0.15) is 5.82 Å². The molecule has 0 aliphatic heterocycles. The third kappa shape index (κ3) is 2.05. The summed E-state index contributed by atoms with van der Waals surface area (Å²) in [6.45, 7) is 7.46. The molecule has 0 atom stereocenters. The number of hydrogen-bond acceptors (Lipinski definition) is 2. The maximum absolute atomic E-state index is 5.76. The van der Waals surface area contributed by atoms with Crippen molar-refractivity contribution in [3.8, 4) is 0 Å². The fourth-order valence-corrected chi connectivity index (χ4v) is 3.60. The van der Waals surface area contributed by atoms with Crippen LogP contribution in [-0.4, -0.2) is 9.55 Å². The lowest BCUT2D eigenvalue weighted by Crippen LogP contribution is -2.23. The molecule has 2 aromatic rings. The van der Waals surface area contributed by atoms with E-state index in [1.165, 1.54) is 37.0 Å². The van der Waals surface area contributed by atoms with Gasteiger partial charge in [-0.1, -0.05) is 25.8 Å². The van der Waals surface area contributed by atoms with E-state index in [0.29, 0.717) is 12.6 Å². The van der Waals surface area contributed by atoms with Gasteiger partial charge in [0.25, 0.3) is 0 Å². The minimum absolute atomic E-state index is 0.242. The van der Waals surface area contributed by atoms with Gasteiger partial charge in [0.15, 0.2) is 0 Å². The third-order valence-electron chi connectivity index (χ3n) is 4.75. The van der Waals surface area contributed by atoms with Crippen LogP contribution in [0.25, 0.3) is 11.0 Å². The first-order valence-corrected chi connectivity index (χ1v) is 7.76. The highest BCUT2D eigenvalue weighted by Crippen LogP contribution is 2.42. The Morgan fingerprint density at radius 1 is 1.30 bits per heavy atom. The number of nitrogens with two attached hydrogens (primary N) is 1. The smallest absolute Gasteiger partial charge is 0.116 e. The molecule has 0 amide bonds. The SMILES string of the molecule is CC(C)n1c(C2(C)CCCC2)nc2cc(CN)ccc21. The highest BCUT2D eigenvalue weighted by molar-refractivity contribution is 5.77. The fourth-order valence-electron chi connectivity index (χ4n) is 3.60. The van der Waals surface area contributed by atoms with Crippen LogP contribution in [0.5, 0.6) is 0 Å². The van der Waals surface area contributed by atoms with E-state index in [9.17, 15) is 0 Å². The molecule has 1 aliphatic rings. The summed E-state index contributed by atoms with van der Waals surface area (Å²) in [5, 5.41) is 0. The summed E-state index contributed by atoms with van der Waals surface area (Å²) in [6.07, 6.45) is 5.16. The molecule has 1 aromatic carbocycles. The third-order valence-corrected chi connectivity index (χ3v) is 4.75. The number of rotatable bonds is 3. The first-order valence-electron chi connectivity index (χ1n) is 7.76. The van der Waals surface area contributed by atoms with Gasteiger partial charge in [0.2, 0.25) is 0 Å². The van der Waals surface area contributed by atoms with Gasteiger partial charge in [-0.15, -0.1) is 0 Å². The van der Waals surface area contributed by atoms with Crippen LogP contribution in [0, 0.1) is 0 Å². The maximum atomic E-state index is 5.76. The Bertz CT molecular complexity index is 618. The largest absolute Gasteiger partial charge is 0.326 e. The van der Waals surface area contributed by atoms with Crippen molar-refractivity contribution in [2.75, 3.05) is 0 Å². The van der Waals surface area contributed by atoms with Gasteiger partial charge in [-0.2, -0.15) is 0 Å². The van der Waals surface area contributed by atoms with E-state index >= 15 is 0 Å². The molecule has 1 heterocycles. The van der Waals surface area contributed by atoms with Crippen LogP contribution >= 0.6 is 0 Å². The highest BCUT2D eigenvalue weighted by atomic mass is 15.1. The minimum atomic E-state index is 0.242. The van der Waals surface area contributed by atoms with Crippen molar-refractivity contribution in [3.63, 3.8) is 0 Å². The van der Waals surface area contributed by atoms with E-state index in [0.717, 1.165) is 11.1 Å². The van der Waals surface area contributed by atoms with Gasteiger partial charge in [-0.05, 0) is 44.4 Å². The van der Waals surface area contributed by atoms with Crippen molar-refractivity contribution in [2.24, 2.45) is 5.73 Å². The molecule has 1 fully saturated rings. The summed E-state index contributed by atoms with van der Waals surface area (Å²) in [7, 11) is 0. The number of aromatic nitrogens is 2. The Labute approximate surface area is 121 Å². The molecular formula is C17H25N3. The van der Waals surface area contributed by atoms with Crippen LogP contribution in [0.1, 0.15) is 63.9 Å².